The van der Waals surface area contributed by atoms with Crippen molar-refractivity contribution in [2.24, 2.45) is 0 Å². The number of rotatable bonds is 8. The van der Waals surface area contributed by atoms with Crippen molar-refractivity contribution in [1.29, 1.82) is 0 Å². The zero-order valence-corrected chi connectivity index (χ0v) is 12.5. The Balaban J connectivity index is 3.42. The molecule has 0 spiro atoms. The monoisotopic (exact) mass is 234 g/mol. The minimum Gasteiger partial charge on any atom is -0.397 e. The second-order valence-corrected chi connectivity index (χ2v) is 12.5. The molecule has 0 aliphatic heterocycles. The number of hydrogen-bond donors (Lipinski definition) is 2. The van der Waals surface area contributed by atoms with E-state index in [4.69, 9.17) is 4.43 Å². The first-order valence-corrected chi connectivity index (χ1v) is 10.8. The number of nitrogens with one attached hydrogen (secondary N) is 2. The fourth-order valence-corrected chi connectivity index (χ4v) is 3.83. The molecular formula is C9H26N2OSi2. The lowest BCUT2D eigenvalue weighted by Crippen LogP contribution is -2.49. The molecule has 0 saturated heterocycles. The summed E-state index contributed by atoms with van der Waals surface area (Å²) >= 11 is 0. The topological polar surface area (TPSA) is 33.3 Å². The molecule has 0 bridgehead atoms. The van der Waals surface area contributed by atoms with E-state index in [0.717, 1.165) is 13.1 Å². The van der Waals surface area contributed by atoms with Crippen molar-refractivity contribution in [3.8, 4) is 0 Å². The average molecular weight is 234 g/mol. The Morgan fingerprint density at radius 3 is 2.29 bits per heavy atom. The minimum atomic E-state index is -1.28. The van der Waals surface area contributed by atoms with Gasteiger partial charge in [0.05, 0.1) is 0 Å². The summed E-state index contributed by atoms with van der Waals surface area (Å²) in [7, 11) is -0.344. The minimum absolute atomic E-state index is 0.844. The highest BCUT2D eigenvalue weighted by Crippen LogP contribution is 2.09. The molecule has 0 aliphatic rings. The molecule has 1 unspecified atom stereocenters. The first-order valence-electron chi connectivity index (χ1n) is 5.49. The van der Waals surface area contributed by atoms with Gasteiger partial charge in [0.25, 0.3) is 0 Å². The lowest BCUT2D eigenvalue weighted by molar-refractivity contribution is 0.394. The Labute approximate surface area is 91.5 Å². The van der Waals surface area contributed by atoms with Gasteiger partial charge in [-0.05, 0) is 19.5 Å². The molecule has 0 aromatic rings. The first-order chi connectivity index (χ1) is 6.49. The summed E-state index contributed by atoms with van der Waals surface area (Å²) < 4.78 is 5.35. The molecule has 0 fully saturated rings. The lowest BCUT2D eigenvalue weighted by atomic mass is 10.5. The standard InChI is InChI=1S/C9H26N2OSi2/c1-6-10-13(12-2)11-8-7-9-14(3,4)5/h10-11,13H,6-9H2,1-5H3. The van der Waals surface area contributed by atoms with Crippen LogP contribution in [0.3, 0.4) is 0 Å². The fourth-order valence-electron chi connectivity index (χ4n) is 1.28. The quantitative estimate of drug-likeness (QED) is 0.490. The summed E-state index contributed by atoms with van der Waals surface area (Å²) in [5.74, 6) is 0. The van der Waals surface area contributed by atoms with Crippen molar-refractivity contribution < 1.29 is 4.43 Å². The smallest absolute Gasteiger partial charge is 0.334 e. The van der Waals surface area contributed by atoms with Gasteiger partial charge in [0.1, 0.15) is 0 Å². The molecule has 1 atom stereocenters. The van der Waals surface area contributed by atoms with Crippen LogP contribution in [-0.2, 0) is 4.43 Å². The van der Waals surface area contributed by atoms with Gasteiger partial charge >= 0.3 is 9.36 Å². The Hall–Kier alpha value is 0.314. The molecule has 5 heteroatoms. The molecule has 0 aromatic heterocycles. The van der Waals surface area contributed by atoms with Crippen molar-refractivity contribution in [1.82, 2.24) is 9.96 Å². The van der Waals surface area contributed by atoms with Gasteiger partial charge in [-0.2, -0.15) is 0 Å². The third kappa shape index (κ3) is 8.89. The van der Waals surface area contributed by atoms with Crippen molar-refractivity contribution in [3.63, 3.8) is 0 Å². The Bertz CT molecular complexity index is 139. The van der Waals surface area contributed by atoms with Gasteiger partial charge in [-0.3, -0.25) is 0 Å². The van der Waals surface area contributed by atoms with Crippen LogP contribution in [-0.4, -0.2) is 37.6 Å². The molecule has 14 heavy (non-hydrogen) atoms. The summed E-state index contributed by atoms with van der Waals surface area (Å²) in [5, 5.41) is 0. The molecule has 0 amide bonds. The summed E-state index contributed by atoms with van der Waals surface area (Å²) in [6, 6.07) is 1.40. The van der Waals surface area contributed by atoms with Crippen molar-refractivity contribution in [3.05, 3.63) is 0 Å². The van der Waals surface area contributed by atoms with Crippen molar-refractivity contribution in [2.75, 3.05) is 20.2 Å². The molecule has 86 valence electrons. The number of hydrogen-bond acceptors (Lipinski definition) is 3. The van der Waals surface area contributed by atoms with Crippen molar-refractivity contribution in [2.45, 2.75) is 39.0 Å². The molecular weight excluding hydrogens is 208 g/mol. The van der Waals surface area contributed by atoms with Gasteiger partial charge in [-0.25, -0.2) is 0 Å². The van der Waals surface area contributed by atoms with Gasteiger partial charge in [0.15, 0.2) is 0 Å². The SMILES string of the molecule is CCN[SiH](NCCC[Si](C)(C)C)OC. The van der Waals surface area contributed by atoms with Crippen LogP contribution in [0.4, 0.5) is 0 Å². The zero-order chi connectivity index (χ0) is 11.0. The second-order valence-electron chi connectivity index (χ2n) is 4.79. The van der Waals surface area contributed by atoms with E-state index in [1.165, 1.54) is 12.5 Å². The van der Waals surface area contributed by atoms with Gasteiger partial charge in [-0.1, -0.05) is 32.6 Å². The Kier molecular flexibility index (Phi) is 7.76. The van der Waals surface area contributed by atoms with Crippen LogP contribution < -0.4 is 9.96 Å². The summed E-state index contributed by atoms with van der Waals surface area (Å²) in [6.07, 6.45) is 1.29. The molecule has 3 nitrogen and oxygen atoms in total. The highest BCUT2D eigenvalue weighted by atomic mass is 28.3. The van der Waals surface area contributed by atoms with Crippen LogP contribution in [0.15, 0.2) is 0 Å². The van der Waals surface area contributed by atoms with Crippen LogP contribution in [0.1, 0.15) is 13.3 Å². The molecule has 0 heterocycles. The summed E-state index contributed by atoms with van der Waals surface area (Å²) in [4.78, 5) is 6.82. The maximum atomic E-state index is 5.35. The molecule has 0 saturated carbocycles. The van der Waals surface area contributed by atoms with E-state index in [2.05, 4.69) is 36.5 Å². The average Bonchev–Trinajstić information content (AvgIpc) is 2.08. The third-order valence-electron chi connectivity index (χ3n) is 2.06. The maximum absolute atomic E-state index is 5.35. The molecule has 0 aromatic carbocycles. The van der Waals surface area contributed by atoms with Crippen LogP contribution in [0.2, 0.25) is 25.7 Å². The summed E-state index contributed by atoms with van der Waals surface area (Å²) in [5.41, 5.74) is 0. The Morgan fingerprint density at radius 2 is 1.86 bits per heavy atom. The van der Waals surface area contributed by atoms with E-state index in [1.54, 1.807) is 7.11 Å². The molecule has 0 rings (SSSR count). The Morgan fingerprint density at radius 1 is 1.21 bits per heavy atom. The van der Waals surface area contributed by atoms with Crippen LogP contribution in [0.25, 0.3) is 0 Å². The highest BCUT2D eigenvalue weighted by Gasteiger charge is 2.13. The summed E-state index contributed by atoms with van der Waals surface area (Å²) in [6.45, 7) is 11.5. The van der Waals surface area contributed by atoms with Crippen molar-refractivity contribution >= 4 is 17.4 Å². The van der Waals surface area contributed by atoms with Gasteiger partial charge in [0.2, 0.25) is 0 Å². The highest BCUT2D eigenvalue weighted by molar-refractivity contribution is 6.76. The van der Waals surface area contributed by atoms with Gasteiger partial charge < -0.3 is 14.4 Å². The van der Waals surface area contributed by atoms with E-state index in [0.29, 0.717) is 0 Å². The van der Waals surface area contributed by atoms with Gasteiger partial charge in [-0.15, -0.1) is 0 Å². The fraction of sp³-hybridized carbons (Fsp3) is 1.00. The van der Waals surface area contributed by atoms with Crippen LogP contribution >= 0.6 is 0 Å². The molecule has 0 aliphatic carbocycles. The maximum Gasteiger partial charge on any atom is 0.334 e. The van der Waals surface area contributed by atoms with E-state index in [9.17, 15) is 0 Å². The molecule has 0 radical (unpaired) electrons. The molecule has 2 N–H and O–H groups in total. The largest absolute Gasteiger partial charge is 0.397 e. The van der Waals surface area contributed by atoms with Crippen LogP contribution in [0, 0.1) is 0 Å². The van der Waals surface area contributed by atoms with Crippen LogP contribution in [0.5, 0.6) is 0 Å². The second kappa shape index (κ2) is 7.59. The van der Waals surface area contributed by atoms with Gasteiger partial charge in [0, 0.05) is 15.2 Å². The normalized spacial score (nSPS) is 14.4. The first kappa shape index (κ1) is 14.3. The zero-order valence-electron chi connectivity index (χ0n) is 10.3. The van der Waals surface area contributed by atoms with E-state index < -0.39 is 17.4 Å². The lowest BCUT2D eigenvalue weighted by Gasteiger charge is -2.18. The van der Waals surface area contributed by atoms with E-state index >= 15 is 0 Å². The predicted octanol–water partition coefficient (Wildman–Crippen LogP) is 1.28. The van der Waals surface area contributed by atoms with E-state index in [1.807, 2.05) is 0 Å². The third-order valence-corrected chi connectivity index (χ3v) is 5.82. The predicted molar refractivity (Wildman–Crippen MR) is 68.6 cm³/mol. The van der Waals surface area contributed by atoms with E-state index in [-0.39, 0.29) is 0 Å².